The first-order chi connectivity index (χ1) is 11.5. The Bertz CT molecular complexity index is 695. The van der Waals surface area contributed by atoms with Gasteiger partial charge < -0.3 is 19.7 Å². The zero-order valence-electron chi connectivity index (χ0n) is 13.4. The van der Waals surface area contributed by atoms with Crippen LogP contribution in [0.2, 0.25) is 5.02 Å². The zero-order valence-corrected chi connectivity index (χ0v) is 14.1. The van der Waals surface area contributed by atoms with Crippen LogP contribution in [0.15, 0.2) is 42.5 Å². The van der Waals surface area contributed by atoms with Gasteiger partial charge in [-0.3, -0.25) is 0 Å². The van der Waals surface area contributed by atoms with E-state index < -0.39 is 11.8 Å². The highest BCUT2D eigenvalue weighted by Gasteiger charge is 2.12. The molecule has 7 heteroatoms. The minimum absolute atomic E-state index is 0.0374. The Morgan fingerprint density at radius 2 is 1.88 bits per heavy atom. The molecule has 0 aliphatic carbocycles. The van der Waals surface area contributed by atoms with Gasteiger partial charge >= 0.3 is 6.03 Å². The Hall–Kier alpha value is -2.47. The first kappa shape index (κ1) is 17.9. The standard InChI is InChI=1S/C17H18ClFN2O3/c1-21(9-10-24-14-6-4-13(23-2)5-7-14)17(22)20-16-11-12(18)3-8-15(16)19/h3-8,11H,9-10H2,1-2H3,(H,20,22). The number of carbonyl (C=O) groups is 1. The van der Waals surface area contributed by atoms with Crippen LogP contribution in [0.4, 0.5) is 14.9 Å². The van der Waals surface area contributed by atoms with E-state index in [9.17, 15) is 9.18 Å². The topological polar surface area (TPSA) is 50.8 Å². The Kier molecular flexibility index (Phi) is 6.26. The van der Waals surface area contributed by atoms with E-state index in [-0.39, 0.29) is 5.69 Å². The summed E-state index contributed by atoms with van der Waals surface area (Å²) in [5.41, 5.74) is 0.0374. The number of benzene rings is 2. The third kappa shape index (κ3) is 5.03. The van der Waals surface area contributed by atoms with Crippen LogP contribution in [-0.2, 0) is 0 Å². The molecule has 0 heterocycles. The molecule has 0 aliphatic rings. The molecule has 128 valence electrons. The number of halogens is 2. The second-order valence-corrected chi connectivity index (χ2v) is 5.44. The summed E-state index contributed by atoms with van der Waals surface area (Å²) in [6.07, 6.45) is 0. The van der Waals surface area contributed by atoms with Gasteiger partial charge in [-0.15, -0.1) is 0 Å². The maximum Gasteiger partial charge on any atom is 0.321 e. The lowest BCUT2D eigenvalue weighted by Gasteiger charge is -2.18. The summed E-state index contributed by atoms with van der Waals surface area (Å²) in [5.74, 6) is 0.864. The molecule has 0 saturated heterocycles. The van der Waals surface area contributed by atoms with Crippen molar-refractivity contribution in [3.05, 3.63) is 53.3 Å². The van der Waals surface area contributed by atoms with Crippen LogP contribution in [-0.4, -0.2) is 38.2 Å². The quantitative estimate of drug-likeness (QED) is 0.854. The van der Waals surface area contributed by atoms with Crippen molar-refractivity contribution in [3.63, 3.8) is 0 Å². The fourth-order valence-electron chi connectivity index (χ4n) is 1.88. The van der Waals surface area contributed by atoms with Gasteiger partial charge in [-0.25, -0.2) is 9.18 Å². The van der Waals surface area contributed by atoms with Crippen LogP contribution in [0.1, 0.15) is 0 Å². The molecule has 0 unspecified atom stereocenters. The summed E-state index contributed by atoms with van der Waals surface area (Å²) in [6, 6.07) is 10.6. The van der Waals surface area contributed by atoms with Gasteiger partial charge in [0.2, 0.25) is 0 Å². The fraction of sp³-hybridized carbons (Fsp3) is 0.235. The van der Waals surface area contributed by atoms with Crippen LogP contribution in [0.5, 0.6) is 11.5 Å². The zero-order chi connectivity index (χ0) is 17.5. The second-order valence-electron chi connectivity index (χ2n) is 5.00. The number of ether oxygens (including phenoxy) is 2. The average Bonchev–Trinajstić information content (AvgIpc) is 2.58. The summed E-state index contributed by atoms with van der Waals surface area (Å²) in [5, 5.41) is 2.81. The van der Waals surface area contributed by atoms with E-state index in [0.29, 0.717) is 23.9 Å². The highest BCUT2D eigenvalue weighted by molar-refractivity contribution is 6.30. The lowest BCUT2D eigenvalue weighted by atomic mass is 10.3. The number of hydrogen-bond donors (Lipinski definition) is 1. The first-order valence-corrected chi connectivity index (χ1v) is 7.61. The predicted octanol–water partition coefficient (Wildman–Crippen LogP) is 4.03. The third-order valence-electron chi connectivity index (χ3n) is 3.27. The van der Waals surface area contributed by atoms with Gasteiger partial charge in [-0.2, -0.15) is 0 Å². The Morgan fingerprint density at radius 1 is 1.21 bits per heavy atom. The molecule has 0 bridgehead atoms. The van der Waals surface area contributed by atoms with E-state index >= 15 is 0 Å². The maximum atomic E-state index is 13.6. The number of hydrogen-bond acceptors (Lipinski definition) is 3. The number of urea groups is 1. The average molecular weight is 353 g/mol. The van der Waals surface area contributed by atoms with Crippen molar-refractivity contribution in [2.75, 3.05) is 32.6 Å². The van der Waals surface area contributed by atoms with E-state index in [1.807, 2.05) is 0 Å². The number of rotatable bonds is 6. The van der Waals surface area contributed by atoms with Gasteiger partial charge in [-0.05, 0) is 42.5 Å². The molecule has 0 aromatic heterocycles. The molecule has 2 aromatic rings. The van der Waals surface area contributed by atoms with Gasteiger partial charge in [0.05, 0.1) is 19.3 Å². The SMILES string of the molecule is COc1ccc(OCCN(C)C(=O)Nc2cc(Cl)ccc2F)cc1. The summed E-state index contributed by atoms with van der Waals surface area (Å²) in [7, 11) is 3.18. The van der Waals surface area contributed by atoms with Gasteiger partial charge in [0.1, 0.15) is 23.9 Å². The van der Waals surface area contributed by atoms with Crippen LogP contribution in [0.3, 0.4) is 0 Å². The number of nitrogens with zero attached hydrogens (tertiary/aromatic N) is 1. The number of methoxy groups -OCH3 is 1. The molecule has 5 nitrogen and oxygen atoms in total. The van der Waals surface area contributed by atoms with Crippen molar-refractivity contribution in [3.8, 4) is 11.5 Å². The van der Waals surface area contributed by atoms with E-state index in [2.05, 4.69) is 5.32 Å². The van der Waals surface area contributed by atoms with E-state index in [1.54, 1.807) is 38.4 Å². The Morgan fingerprint density at radius 3 is 2.54 bits per heavy atom. The molecule has 2 rings (SSSR count). The van der Waals surface area contributed by atoms with E-state index in [4.69, 9.17) is 21.1 Å². The monoisotopic (exact) mass is 352 g/mol. The van der Waals surface area contributed by atoms with Gasteiger partial charge in [-0.1, -0.05) is 11.6 Å². The molecule has 0 spiro atoms. The van der Waals surface area contributed by atoms with Crippen molar-refractivity contribution in [2.45, 2.75) is 0 Å². The van der Waals surface area contributed by atoms with Crippen molar-refractivity contribution in [2.24, 2.45) is 0 Å². The molecule has 1 N–H and O–H groups in total. The van der Waals surface area contributed by atoms with Crippen LogP contribution >= 0.6 is 11.6 Å². The van der Waals surface area contributed by atoms with E-state index in [0.717, 1.165) is 5.75 Å². The van der Waals surface area contributed by atoms with Gasteiger partial charge in [0.15, 0.2) is 0 Å². The third-order valence-corrected chi connectivity index (χ3v) is 3.51. The van der Waals surface area contributed by atoms with Crippen molar-refractivity contribution in [1.29, 1.82) is 0 Å². The number of carbonyl (C=O) groups excluding carboxylic acids is 1. The molecule has 2 aromatic carbocycles. The second kappa shape index (κ2) is 8.40. The summed E-state index contributed by atoms with van der Waals surface area (Å²) >= 11 is 5.79. The number of anilines is 1. The minimum Gasteiger partial charge on any atom is -0.497 e. The molecule has 0 aliphatic heterocycles. The van der Waals surface area contributed by atoms with Crippen LogP contribution in [0, 0.1) is 5.82 Å². The lowest BCUT2D eigenvalue weighted by molar-refractivity contribution is 0.207. The summed E-state index contributed by atoms with van der Waals surface area (Å²) in [4.78, 5) is 13.4. The molecular formula is C17H18ClFN2O3. The highest BCUT2D eigenvalue weighted by Crippen LogP contribution is 2.20. The number of nitrogens with one attached hydrogen (secondary N) is 1. The molecule has 0 radical (unpaired) electrons. The van der Waals surface area contributed by atoms with Crippen molar-refractivity contribution in [1.82, 2.24) is 4.90 Å². The molecule has 0 saturated carbocycles. The first-order valence-electron chi connectivity index (χ1n) is 7.23. The normalized spacial score (nSPS) is 10.2. The molecule has 0 fully saturated rings. The molecule has 2 amide bonds. The molecular weight excluding hydrogens is 335 g/mol. The summed E-state index contributed by atoms with van der Waals surface area (Å²) in [6.45, 7) is 0.633. The summed E-state index contributed by atoms with van der Waals surface area (Å²) < 4.78 is 24.2. The highest BCUT2D eigenvalue weighted by atomic mass is 35.5. The largest absolute Gasteiger partial charge is 0.497 e. The fourth-order valence-corrected chi connectivity index (χ4v) is 2.05. The lowest BCUT2D eigenvalue weighted by Crippen LogP contribution is -2.34. The van der Waals surface area contributed by atoms with Crippen molar-refractivity contribution >= 4 is 23.3 Å². The van der Waals surface area contributed by atoms with Crippen molar-refractivity contribution < 1.29 is 18.7 Å². The molecule has 0 atom stereocenters. The van der Waals surface area contributed by atoms with Gasteiger partial charge in [0, 0.05) is 12.1 Å². The predicted molar refractivity (Wildman–Crippen MR) is 91.5 cm³/mol. The van der Waals surface area contributed by atoms with Gasteiger partial charge in [0.25, 0.3) is 0 Å². The molecule has 24 heavy (non-hydrogen) atoms. The van der Waals surface area contributed by atoms with Crippen LogP contribution in [0.25, 0.3) is 0 Å². The van der Waals surface area contributed by atoms with E-state index in [1.165, 1.54) is 23.1 Å². The number of amides is 2. The smallest absolute Gasteiger partial charge is 0.321 e. The van der Waals surface area contributed by atoms with Crippen LogP contribution < -0.4 is 14.8 Å². The maximum absolute atomic E-state index is 13.6. The Balaban J connectivity index is 1.81. The number of likely N-dealkylation sites (N-methyl/N-ethyl adjacent to an activating group) is 1. The minimum atomic E-state index is -0.546. The Labute approximate surface area is 144 Å².